The molecule has 0 radical (unpaired) electrons. The average molecular weight is 393 g/mol. The molecule has 0 aliphatic rings. The standard InChI is InChI=1S/C18H20INO/c1-4-17(15-6-5-12(2)13(3)11-15)20-18(21)14-7-9-16(19)10-8-14/h5-11,17H,4H2,1-3H3,(H,20,21)/t17-/m0/s1. The van der Waals surface area contributed by atoms with Crippen LogP contribution in [0.25, 0.3) is 0 Å². The Kier molecular flexibility index (Phi) is 5.39. The van der Waals surface area contributed by atoms with Crippen molar-refractivity contribution in [2.45, 2.75) is 33.2 Å². The van der Waals surface area contributed by atoms with Crippen molar-refractivity contribution in [1.29, 1.82) is 0 Å². The van der Waals surface area contributed by atoms with Crippen LogP contribution in [0.15, 0.2) is 42.5 Å². The number of carbonyl (C=O) groups excluding carboxylic acids is 1. The SMILES string of the molecule is CC[C@H](NC(=O)c1ccc(I)cc1)c1ccc(C)c(C)c1. The van der Waals surface area contributed by atoms with Crippen LogP contribution in [0.4, 0.5) is 0 Å². The van der Waals surface area contributed by atoms with Crippen LogP contribution in [0.1, 0.15) is 46.4 Å². The molecule has 0 saturated heterocycles. The Morgan fingerprint density at radius 3 is 2.33 bits per heavy atom. The number of benzene rings is 2. The predicted octanol–water partition coefficient (Wildman–Crippen LogP) is 4.79. The second-order valence-corrected chi connectivity index (χ2v) is 6.53. The zero-order chi connectivity index (χ0) is 15.4. The predicted molar refractivity (Wildman–Crippen MR) is 95.6 cm³/mol. The van der Waals surface area contributed by atoms with Crippen molar-refractivity contribution in [2.75, 3.05) is 0 Å². The van der Waals surface area contributed by atoms with E-state index < -0.39 is 0 Å². The molecule has 0 fully saturated rings. The third kappa shape index (κ3) is 4.06. The third-order valence-electron chi connectivity index (χ3n) is 3.75. The third-order valence-corrected chi connectivity index (χ3v) is 4.47. The summed E-state index contributed by atoms with van der Waals surface area (Å²) in [5.41, 5.74) is 4.41. The van der Waals surface area contributed by atoms with Gasteiger partial charge in [-0.05, 0) is 83.8 Å². The minimum absolute atomic E-state index is 0.0171. The van der Waals surface area contributed by atoms with Crippen LogP contribution in [0.3, 0.4) is 0 Å². The first-order chi connectivity index (χ1) is 10.0. The van der Waals surface area contributed by atoms with E-state index in [9.17, 15) is 4.79 Å². The number of amides is 1. The van der Waals surface area contributed by atoms with Gasteiger partial charge in [-0.1, -0.05) is 25.1 Å². The Bertz CT molecular complexity index is 634. The van der Waals surface area contributed by atoms with E-state index in [2.05, 4.69) is 66.9 Å². The molecule has 21 heavy (non-hydrogen) atoms. The van der Waals surface area contributed by atoms with E-state index in [1.165, 1.54) is 16.7 Å². The quantitative estimate of drug-likeness (QED) is 0.744. The Morgan fingerprint density at radius 1 is 1.10 bits per heavy atom. The molecule has 2 rings (SSSR count). The maximum absolute atomic E-state index is 12.3. The summed E-state index contributed by atoms with van der Waals surface area (Å²) in [6, 6.07) is 14.1. The molecule has 0 aromatic heterocycles. The molecule has 2 aromatic carbocycles. The van der Waals surface area contributed by atoms with Gasteiger partial charge in [0.05, 0.1) is 6.04 Å². The van der Waals surface area contributed by atoms with E-state index >= 15 is 0 Å². The maximum Gasteiger partial charge on any atom is 0.251 e. The van der Waals surface area contributed by atoms with E-state index in [-0.39, 0.29) is 11.9 Å². The van der Waals surface area contributed by atoms with Gasteiger partial charge in [0, 0.05) is 9.13 Å². The molecular formula is C18H20INO. The molecule has 0 spiro atoms. The monoisotopic (exact) mass is 393 g/mol. The molecule has 1 amide bonds. The molecule has 0 aliphatic carbocycles. The van der Waals surface area contributed by atoms with Gasteiger partial charge in [-0.3, -0.25) is 4.79 Å². The van der Waals surface area contributed by atoms with Gasteiger partial charge in [0.1, 0.15) is 0 Å². The summed E-state index contributed by atoms with van der Waals surface area (Å²) in [7, 11) is 0. The van der Waals surface area contributed by atoms with E-state index in [1.54, 1.807) is 0 Å². The molecule has 0 unspecified atom stereocenters. The summed E-state index contributed by atoms with van der Waals surface area (Å²) in [4.78, 5) is 12.3. The highest BCUT2D eigenvalue weighted by Crippen LogP contribution is 2.20. The first-order valence-corrected chi connectivity index (χ1v) is 8.22. The van der Waals surface area contributed by atoms with Crippen molar-refractivity contribution in [1.82, 2.24) is 5.32 Å². The largest absolute Gasteiger partial charge is 0.345 e. The van der Waals surface area contributed by atoms with Gasteiger partial charge < -0.3 is 5.32 Å². The molecule has 0 bridgehead atoms. The van der Waals surface area contributed by atoms with Crippen molar-refractivity contribution >= 4 is 28.5 Å². The smallest absolute Gasteiger partial charge is 0.251 e. The zero-order valence-corrected chi connectivity index (χ0v) is 14.8. The van der Waals surface area contributed by atoms with E-state index in [1.807, 2.05) is 24.3 Å². The summed E-state index contributed by atoms with van der Waals surface area (Å²) < 4.78 is 1.13. The van der Waals surface area contributed by atoms with Gasteiger partial charge in [0.25, 0.3) is 5.91 Å². The second kappa shape index (κ2) is 7.07. The molecule has 3 heteroatoms. The molecule has 1 atom stereocenters. The van der Waals surface area contributed by atoms with Crippen molar-refractivity contribution in [3.63, 3.8) is 0 Å². The molecule has 2 aromatic rings. The highest BCUT2D eigenvalue weighted by atomic mass is 127. The van der Waals surface area contributed by atoms with Crippen LogP contribution in [0.2, 0.25) is 0 Å². The zero-order valence-electron chi connectivity index (χ0n) is 12.6. The number of hydrogen-bond acceptors (Lipinski definition) is 1. The average Bonchev–Trinajstić information content (AvgIpc) is 2.48. The summed E-state index contributed by atoms with van der Waals surface area (Å²) in [6.07, 6.45) is 0.874. The van der Waals surface area contributed by atoms with Crippen LogP contribution in [-0.2, 0) is 0 Å². The van der Waals surface area contributed by atoms with Gasteiger partial charge >= 0.3 is 0 Å². The first kappa shape index (κ1) is 16.0. The summed E-state index contributed by atoms with van der Waals surface area (Å²) in [5, 5.41) is 3.12. The van der Waals surface area contributed by atoms with E-state index in [0.717, 1.165) is 9.99 Å². The van der Waals surface area contributed by atoms with Gasteiger partial charge in [-0.25, -0.2) is 0 Å². The lowest BCUT2D eigenvalue weighted by molar-refractivity contribution is 0.0935. The fourth-order valence-electron chi connectivity index (χ4n) is 2.25. The molecule has 0 aliphatic heterocycles. The minimum Gasteiger partial charge on any atom is -0.345 e. The highest BCUT2D eigenvalue weighted by Gasteiger charge is 2.14. The van der Waals surface area contributed by atoms with Crippen LogP contribution in [0, 0.1) is 17.4 Å². The maximum atomic E-state index is 12.3. The lowest BCUT2D eigenvalue weighted by Gasteiger charge is -2.18. The van der Waals surface area contributed by atoms with Crippen molar-refractivity contribution in [3.8, 4) is 0 Å². The Morgan fingerprint density at radius 2 is 1.76 bits per heavy atom. The number of carbonyl (C=O) groups is 1. The number of halogens is 1. The fourth-order valence-corrected chi connectivity index (χ4v) is 2.60. The molecule has 2 nitrogen and oxygen atoms in total. The highest BCUT2D eigenvalue weighted by molar-refractivity contribution is 14.1. The lowest BCUT2D eigenvalue weighted by atomic mass is 9.99. The Labute approximate surface area is 140 Å². The van der Waals surface area contributed by atoms with Crippen LogP contribution >= 0.6 is 22.6 Å². The van der Waals surface area contributed by atoms with E-state index in [0.29, 0.717) is 5.56 Å². The summed E-state index contributed by atoms with van der Waals surface area (Å²) >= 11 is 2.24. The van der Waals surface area contributed by atoms with Gasteiger partial charge in [-0.15, -0.1) is 0 Å². The van der Waals surface area contributed by atoms with Crippen LogP contribution < -0.4 is 5.32 Å². The van der Waals surface area contributed by atoms with Gasteiger partial charge in [0.2, 0.25) is 0 Å². The number of hydrogen-bond donors (Lipinski definition) is 1. The number of aryl methyl sites for hydroxylation is 2. The van der Waals surface area contributed by atoms with Crippen molar-refractivity contribution < 1.29 is 4.79 Å². The fraction of sp³-hybridized carbons (Fsp3) is 0.278. The molecular weight excluding hydrogens is 373 g/mol. The molecule has 110 valence electrons. The normalized spacial score (nSPS) is 12.0. The Balaban J connectivity index is 2.16. The minimum atomic E-state index is -0.0171. The number of rotatable bonds is 4. The Hall–Kier alpha value is -1.36. The van der Waals surface area contributed by atoms with Crippen molar-refractivity contribution in [3.05, 3.63) is 68.3 Å². The van der Waals surface area contributed by atoms with Crippen molar-refractivity contribution in [2.24, 2.45) is 0 Å². The molecule has 0 heterocycles. The van der Waals surface area contributed by atoms with Gasteiger partial charge in [0.15, 0.2) is 0 Å². The molecule has 0 saturated carbocycles. The van der Waals surface area contributed by atoms with Gasteiger partial charge in [-0.2, -0.15) is 0 Å². The van der Waals surface area contributed by atoms with Crippen LogP contribution in [0.5, 0.6) is 0 Å². The summed E-state index contributed by atoms with van der Waals surface area (Å²) in [5.74, 6) is -0.0171. The topological polar surface area (TPSA) is 29.1 Å². The molecule has 1 N–H and O–H groups in total. The van der Waals surface area contributed by atoms with E-state index in [4.69, 9.17) is 0 Å². The summed E-state index contributed by atoms with van der Waals surface area (Å²) in [6.45, 7) is 6.30. The first-order valence-electron chi connectivity index (χ1n) is 7.15. The van der Waals surface area contributed by atoms with Crippen LogP contribution in [-0.4, -0.2) is 5.91 Å². The lowest BCUT2D eigenvalue weighted by Crippen LogP contribution is -2.28. The second-order valence-electron chi connectivity index (χ2n) is 5.28. The number of nitrogens with one attached hydrogen (secondary N) is 1.